The van der Waals surface area contributed by atoms with E-state index in [1.165, 1.54) is 0 Å². The predicted molar refractivity (Wildman–Crippen MR) is 85.1 cm³/mol. The summed E-state index contributed by atoms with van der Waals surface area (Å²) in [5, 5.41) is 2.95. The fraction of sp³-hybridized carbons (Fsp3) is 0.176. The number of aromatic amines is 1. The molecular weight excluding hydrogens is 280 g/mol. The van der Waals surface area contributed by atoms with E-state index in [0.717, 1.165) is 22.4 Å². The molecule has 3 rings (SSSR count). The van der Waals surface area contributed by atoms with E-state index < -0.39 is 5.76 Å². The summed E-state index contributed by atoms with van der Waals surface area (Å²) in [6, 6.07) is 11.1. The third-order valence-corrected chi connectivity index (χ3v) is 3.59. The van der Waals surface area contributed by atoms with Crippen molar-refractivity contribution in [2.24, 2.45) is 0 Å². The van der Waals surface area contributed by atoms with Gasteiger partial charge in [-0.1, -0.05) is 24.3 Å². The molecule has 3 aromatic rings. The lowest BCUT2D eigenvalue weighted by molar-refractivity contribution is -0.115. The zero-order chi connectivity index (χ0) is 15.7. The van der Waals surface area contributed by atoms with Gasteiger partial charge >= 0.3 is 5.76 Å². The third kappa shape index (κ3) is 2.79. The molecule has 2 N–H and O–H groups in total. The summed E-state index contributed by atoms with van der Waals surface area (Å²) < 4.78 is 4.94. The van der Waals surface area contributed by atoms with Crippen LogP contribution in [-0.4, -0.2) is 10.9 Å². The van der Waals surface area contributed by atoms with Gasteiger partial charge in [-0.05, 0) is 42.7 Å². The maximum Gasteiger partial charge on any atom is 0.417 e. The average Bonchev–Trinajstić information content (AvgIpc) is 2.82. The second-order valence-electron chi connectivity index (χ2n) is 5.34. The van der Waals surface area contributed by atoms with Crippen molar-refractivity contribution in [2.75, 3.05) is 5.32 Å². The van der Waals surface area contributed by atoms with Crippen LogP contribution >= 0.6 is 0 Å². The van der Waals surface area contributed by atoms with Gasteiger partial charge in [0.15, 0.2) is 5.58 Å². The number of hydrogen-bond donors (Lipinski definition) is 2. The van der Waals surface area contributed by atoms with Gasteiger partial charge in [-0.2, -0.15) is 0 Å². The van der Waals surface area contributed by atoms with Gasteiger partial charge in [-0.25, -0.2) is 4.79 Å². The van der Waals surface area contributed by atoms with Crippen LogP contribution in [0.3, 0.4) is 0 Å². The molecule has 0 spiro atoms. The first-order valence-corrected chi connectivity index (χ1v) is 7.01. The van der Waals surface area contributed by atoms with Gasteiger partial charge in [0.25, 0.3) is 0 Å². The van der Waals surface area contributed by atoms with Crippen molar-refractivity contribution in [1.82, 2.24) is 4.98 Å². The molecule has 0 fully saturated rings. The predicted octanol–water partition coefficient (Wildman–Crippen LogP) is 2.92. The van der Waals surface area contributed by atoms with E-state index in [0.29, 0.717) is 11.1 Å². The van der Waals surface area contributed by atoms with E-state index in [4.69, 9.17) is 4.42 Å². The molecule has 1 aromatic heterocycles. The second kappa shape index (κ2) is 5.52. The molecule has 1 heterocycles. The number of aromatic nitrogens is 1. The maximum atomic E-state index is 12.2. The minimum Gasteiger partial charge on any atom is -0.408 e. The Balaban J connectivity index is 1.79. The molecule has 112 valence electrons. The van der Waals surface area contributed by atoms with Gasteiger partial charge in [0.05, 0.1) is 11.9 Å². The monoisotopic (exact) mass is 296 g/mol. The fourth-order valence-electron chi connectivity index (χ4n) is 2.49. The molecular formula is C17H16N2O3. The fourth-order valence-corrected chi connectivity index (χ4v) is 2.49. The van der Waals surface area contributed by atoms with Crippen LogP contribution in [0, 0.1) is 13.8 Å². The summed E-state index contributed by atoms with van der Waals surface area (Å²) in [5.41, 5.74) is 4.82. The van der Waals surface area contributed by atoms with Gasteiger partial charge < -0.3 is 9.73 Å². The molecule has 0 saturated heterocycles. The molecule has 0 saturated carbocycles. The summed E-state index contributed by atoms with van der Waals surface area (Å²) in [7, 11) is 0. The largest absolute Gasteiger partial charge is 0.417 e. The van der Waals surface area contributed by atoms with Crippen LogP contribution in [0.15, 0.2) is 45.6 Å². The third-order valence-electron chi connectivity index (χ3n) is 3.59. The van der Waals surface area contributed by atoms with Crippen molar-refractivity contribution >= 4 is 22.7 Å². The van der Waals surface area contributed by atoms with Crippen molar-refractivity contribution in [2.45, 2.75) is 20.3 Å². The zero-order valence-corrected chi connectivity index (χ0v) is 12.4. The number of anilines is 1. The summed E-state index contributed by atoms with van der Waals surface area (Å²) in [4.78, 5) is 25.9. The molecule has 0 aliphatic heterocycles. The van der Waals surface area contributed by atoms with E-state index in [1.807, 2.05) is 32.0 Å². The van der Waals surface area contributed by atoms with Crippen LogP contribution in [0.25, 0.3) is 11.1 Å². The van der Waals surface area contributed by atoms with E-state index in [2.05, 4.69) is 10.3 Å². The van der Waals surface area contributed by atoms with Gasteiger partial charge in [0, 0.05) is 5.69 Å². The number of H-pyrrole nitrogens is 1. The Labute approximate surface area is 127 Å². The first kappa shape index (κ1) is 14.1. The van der Waals surface area contributed by atoms with Gasteiger partial charge in [0.2, 0.25) is 5.91 Å². The smallest absolute Gasteiger partial charge is 0.408 e. The minimum absolute atomic E-state index is 0.0948. The highest BCUT2D eigenvalue weighted by Gasteiger charge is 2.09. The van der Waals surface area contributed by atoms with Crippen LogP contribution in [0.1, 0.15) is 16.7 Å². The van der Waals surface area contributed by atoms with Gasteiger partial charge in [-0.3, -0.25) is 9.78 Å². The molecule has 22 heavy (non-hydrogen) atoms. The first-order valence-electron chi connectivity index (χ1n) is 7.01. The molecule has 0 unspecified atom stereocenters. The summed E-state index contributed by atoms with van der Waals surface area (Å²) in [6.07, 6.45) is 0.233. The average molecular weight is 296 g/mol. The highest BCUT2D eigenvalue weighted by molar-refractivity contribution is 5.94. The number of carbonyl (C=O) groups is 1. The van der Waals surface area contributed by atoms with Crippen molar-refractivity contribution in [3.05, 3.63) is 63.6 Å². The normalized spacial score (nSPS) is 10.8. The summed E-state index contributed by atoms with van der Waals surface area (Å²) in [6.45, 7) is 3.93. The van der Waals surface area contributed by atoms with Crippen molar-refractivity contribution in [1.29, 1.82) is 0 Å². The van der Waals surface area contributed by atoms with E-state index in [-0.39, 0.29) is 12.3 Å². The summed E-state index contributed by atoms with van der Waals surface area (Å²) in [5.74, 6) is -0.588. The van der Waals surface area contributed by atoms with Crippen molar-refractivity contribution in [3.63, 3.8) is 0 Å². The van der Waals surface area contributed by atoms with E-state index in [9.17, 15) is 9.59 Å². The Morgan fingerprint density at radius 2 is 1.91 bits per heavy atom. The lowest BCUT2D eigenvalue weighted by atomic mass is 10.1. The Morgan fingerprint density at radius 1 is 1.18 bits per heavy atom. The van der Waals surface area contributed by atoms with Crippen LogP contribution < -0.4 is 11.1 Å². The topological polar surface area (TPSA) is 75.1 Å². The first-order chi connectivity index (χ1) is 10.5. The van der Waals surface area contributed by atoms with E-state index in [1.54, 1.807) is 18.2 Å². The molecule has 5 nitrogen and oxygen atoms in total. The van der Waals surface area contributed by atoms with Crippen LogP contribution in [0.2, 0.25) is 0 Å². The Hall–Kier alpha value is -2.82. The number of carbonyl (C=O) groups excluding carboxylic acids is 1. The second-order valence-corrected chi connectivity index (χ2v) is 5.34. The van der Waals surface area contributed by atoms with Gasteiger partial charge in [0.1, 0.15) is 0 Å². The zero-order valence-electron chi connectivity index (χ0n) is 12.4. The molecule has 0 aliphatic carbocycles. The minimum atomic E-state index is -0.493. The molecule has 0 aliphatic rings. The van der Waals surface area contributed by atoms with Crippen LogP contribution in [-0.2, 0) is 11.2 Å². The Kier molecular flexibility index (Phi) is 3.55. The van der Waals surface area contributed by atoms with Crippen molar-refractivity contribution < 1.29 is 9.21 Å². The van der Waals surface area contributed by atoms with Crippen molar-refractivity contribution in [3.8, 4) is 0 Å². The van der Waals surface area contributed by atoms with Crippen LogP contribution in [0.4, 0.5) is 5.69 Å². The molecule has 1 amide bonds. The Morgan fingerprint density at radius 3 is 2.64 bits per heavy atom. The van der Waals surface area contributed by atoms with E-state index >= 15 is 0 Å². The van der Waals surface area contributed by atoms with Crippen LogP contribution in [0.5, 0.6) is 0 Å². The highest BCUT2D eigenvalue weighted by atomic mass is 16.4. The number of para-hydroxylation sites is 1. The number of nitrogens with one attached hydrogen (secondary N) is 2. The standard InChI is InChI=1S/C17H16N2O3/c1-10-4-3-5-11(2)16(10)19-15(20)9-12-6-7-14-13(8-12)18-17(21)22-14/h3-8H,9H2,1-2H3,(H,18,21)(H,19,20). The summed E-state index contributed by atoms with van der Waals surface area (Å²) >= 11 is 0. The number of rotatable bonds is 3. The number of aryl methyl sites for hydroxylation is 2. The molecule has 5 heteroatoms. The number of hydrogen-bond acceptors (Lipinski definition) is 3. The number of benzene rings is 2. The number of oxazole rings is 1. The number of amides is 1. The highest BCUT2D eigenvalue weighted by Crippen LogP contribution is 2.20. The number of fused-ring (bicyclic) bond motifs is 1. The Bertz CT molecular complexity index is 885. The SMILES string of the molecule is Cc1cccc(C)c1NC(=O)Cc1ccc2oc(=O)[nH]c2c1. The molecule has 0 radical (unpaired) electrons. The lowest BCUT2D eigenvalue weighted by Crippen LogP contribution is -2.16. The van der Waals surface area contributed by atoms with Gasteiger partial charge in [-0.15, -0.1) is 0 Å². The lowest BCUT2D eigenvalue weighted by Gasteiger charge is -2.11. The molecule has 0 bridgehead atoms. The molecule has 0 atom stereocenters. The quantitative estimate of drug-likeness (QED) is 0.780. The maximum absolute atomic E-state index is 12.2. The molecule has 2 aromatic carbocycles.